The first-order chi connectivity index (χ1) is 9.22. The van der Waals surface area contributed by atoms with Gasteiger partial charge in [0.2, 0.25) is 0 Å². The fourth-order valence-corrected chi connectivity index (χ4v) is 2.61. The molecular formula is C14H10N2OS2. The zero-order valence-corrected chi connectivity index (χ0v) is 11.5. The monoisotopic (exact) mass is 286 g/mol. The van der Waals surface area contributed by atoms with Crippen molar-refractivity contribution in [1.29, 1.82) is 0 Å². The zero-order chi connectivity index (χ0) is 13.2. The van der Waals surface area contributed by atoms with E-state index in [0.717, 1.165) is 20.8 Å². The van der Waals surface area contributed by atoms with Crippen LogP contribution in [-0.2, 0) is 0 Å². The lowest BCUT2D eigenvalue weighted by atomic mass is 10.2. The van der Waals surface area contributed by atoms with Gasteiger partial charge in [0.15, 0.2) is 0 Å². The van der Waals surface area contributed by atoms with E-state index < -0.39 is 0 Å². The first-order valence-electron chi connectivity index (χ1n) is 5.66. The Morgan fingerprint density at radius 3 is 2.74 bits per heavy atom. The second-order valence-electron chi connectivity index (χ2n) is 4.04. The predicted octanol–water partition coefficient (Wildman–Crippen LogP) is 3.84. The average Bonchev–Trinajstić information content (AvgIpc) is 2.87. The topological polar surface area (TPSA) is 42.0 Å². The van der Waals surface area contributed by atoms with E-state index in [4.69, 9.17) is 0 Å². The molecular weight excluding hydrogens is 276 g/mol. The van der Waals surface area contributed by atoms with Gasteiger partial charge in [-0.05, 0) is 42.5 Å². The molecule has 0 unspecified atom stereocenters. The van der Waals surface area contributed by atoms with E-state index in [0.29, 0.717) is 5.56 Å². The van der Waals surface area contributed by atoms with Gasteiger partial charge in [0.05, 0.1) is 15.7 Å². The van der Waals surface area contributed by atoms with Crippen molar-refractivity contribution < 1.29 is 4.79 Å². The lowest BCUT2D eigenvalue weighted by molar-refractivity contribution is 0.102. The first kappa shape index (κ1) is 12.2. The average molecular weight is 286 g/mol. The summed E-state index contributed by atoms with van der Waals surface area (Å²) in [5, 5.41) is 2.87. The summed E-state index contributed by atoms with van der Waals surface area (Å²) in [5.41, 5.74) is 4.13. The van der Waals surface area contributed by atoms with E-state index in [2.05, 4.69) is 22.9 Å². The van der Waals surface area contributed by atoms with Gasteiger partial charge in [-0.3, -0.25) is 4.79 Å². The molecule has 0 atom stereocenters. The molecule has 1 N–H and O–H groups in total. The number of rotatable bonds is 2. The Morgan fingerprint density at radius 2 is 1.95 bits per heavy atom. The van der Waals surface area contributed by atoms with Gasteiger partial charge < -0.3 is 5.32 Å². The summed E-state index contributed by atoms with van der Waals surface area (Å²) in [6.07, 6.45) is 0. The highest BCUT2D eigenvalue weighted by molar-refractivity contribution is 7.80. The third-order valence-electron chi connectivity index (χ3n) is 2.72. The van der Waals surface area contributed by atoms with Gasteiger partial charge in [-0.1, -0.05) is 0 Å². The maximum absolute atomic E-state index is 12.1. The molecule has 19 heavy (non-hydrogen) atoms. The number of thiazole rings is 1. The highest BCUT2D eigenvalue weighted by Gasteiger charge is 2.06. The molecule has 0 fully saturated rings. The number of thiol groups is 1. The smallest absolute Gasteiger partial charge is 0.255 e. The van der Waals surface area contributed by atoms with Crippen LogP contribution in [0.15, 0.2) is 52.9 Å². The van der Waals surface area contributed by atoms with E-state index in [-0.39, 0.29) is 5.91 Å². The summed E-state index contributed by atoms with van der Waals surface area (Å²) in [6, 6.07) is 12.8. The van der Waals surface area contributed by atoms with Crippen LogP contribution in [0.5, 0.6) is 0 Å². The molecule has 0 spiro atoms. The summed E-state index contributed by atoms with van der Waals surface area (Å²) >= 11 is 5.75. The maximum Gasteiger partial charge on any atom is 0.255 e. The van der Waals surface area contributed by atoms with Crippen LogP contribution in [0, 0.1) is 0 Å². The molecule has 0 saturated carbocycles. The Bertz CT molecular complexity index is 735. The number of nitrogens with one attached hydrogen (secondary N) is 1. The summed E-state index contributed by atoms with van der Waals surface area (Å²) in [5.74, 6) is -0.128. The van der Waals surface area contributed by atoms with E-state index >= 15 is 0 Å². The fraction of sp³-hybridized carbons (Fsp3) is 0. The van der Waals surface area contributed by atoms with Gasteiger partial charge in [0.25, 0.3) is 5.91 Å². The molecule has 1 aromatic heterocycles. The third kappa shape index (κ3) is 2.62. The van der Waals surface area contributed by atoms with Crippen LogP contribution in [0.25, 0.3) is 10.2 Å². The SMILES string of the molecule is O=C(Nc1ccc2ncsc2c1)c1ccc(S)cc1. The van der Waals surface area contributed by atoms with Crippen LogP contribution in [0.1, 0.15) is 10.4 Å². The molecule has 5 heteroatoms. The quantitative estimate of drug-likeness (QED) is 0.703. The molecule has 0 bridgehead atoms. The van der Waals surface area contributed by atoms with Crippen LogP contribution < -0.4 is 5.32 Å². The lowest BCUT2D eigenvalue weighted by Crippen LogP contribution is -2.11. The van der Waals surface area contributed by atoms with Crippen molar-refractivity contribution in [2.24, 2.45) is 0 Å². The second kappa shape index (κ2) is 5.03. The van der Waals surface area contributed by atoms with Crippen molar-refractivity contribution in [3.8, 4) is 0 Å². The molecule has 3 rings (SSSR count). The Labute approximate surface area is 119 Å². The second-order valence-corrected chi connectivity index (χ2v) is 5.44. The van der Waals surface area contributed by atoms with Crippen molar-refractivity contribution in [1.82, 2.24) is 4.98 Å². The maximum atomic E-state index is 12.1. The van der Waals surface area contributed by atoms with Crippen LogP contribution in [0.3, 0.4) is 0 Å². The van der Waals surface area contributed by atoms with Gasteiger partial charge in [0, 0.05) is 16.1 Å². The van der Waals surface area contributed by atoms with Crippen molar-refractivity contribution in [3.63, 3.8) is 0 Å². The molecule has 2 aromatic carbocycles. The molecule has 0 saturated heterocycles. The summed E-state index contributed by atoms with van der Waals surface area (Å²) in [7, 11) is 0. The number of hydrogen-bond acceptors (Lipinski definition) is 4. The van der Waals surface area contributed by atoms with Gasteiger partial charge in [-0.25, -0.2) is 4.98 Å². The predicted molar refractivity (Wildman–Crippen MR) is 81.3 cm³/mol. The molecule has 3 aromatic rings. The van der Waals surface area contributed by atoms with Crippen LogP contribution >= 0.6 is 24.0 Å². The van der Waals surface area contributed by atoms with E-state index in [9.17, 15) is 4.79 Å². The van der Waals surface area contributed by atoms with Crippen LogP contribution in [0.2, 0.25) is 0 Å². The Kier molecular flexibility index (Phi) is 3.23. The third-order valence-corrected chi connectivity index (χ3v) is 3.81. The van der Waals surface area contributed by atoms with Crippen molar-refractivity contribution >= 4 is 45.8 Å². The standard InChI is InChI=1S/C14H10N2OS2/c17-14(9-1-4-11(18)5-2-9)16-10-3-6-12-13(7-10)19-8-15-12/h1-8,18H,(H,16,17). The normalized spacial score (nSPS) is 10.6. The summed E-state index contributed by atoms with van der Waals surface area (Å²) in [6.45, 7) is 0. The first-order valence-corrected chi connectivity index (χ1v) is 6.99. The van der Waals surface area contributed by atoms with Gasteiger partial charge in [-0.15, -0.1) is 24.0 Å². The molecule has 1 heterocycles. The van der Waals surface area contributed by atoms with Crippen molar-refractivity contribution in [3.05, 3.63) is 53.5 Å². The number of carbonyl (C=O) groups excluding carboxylic acids is 1. The molecule has 1 amide bonds. The lowest BCUT2D eigenvalue weighted by Gasteiger charge is -2.05. The molecule has 0 aliphatic rings. The number of aromatic nitrogens is 1. The minimum absolute atomic E-state index is 0.128. The van der Waals surface area contributed by atoms with Gasteiger partial charge in [0.1, 0.15) is 0 Å². The number of fused-ring (bicyclic) bond motifs is 1. The number of hydrogen-bond donors (Lipinski definition) is 2. The van der Waals surface area contributed by atoms with Gasteiger partial charge in [-0.2, -0.15) is 0 Å². The van der Waals surface area contributed by atoms with Crippen LogP contribution in [-0.4, -0.2) is 10.9 Å². The molecule has 0 radical (unpaired) electrons. The van der Waals surface area contributed by atoms with Crippen molar-refractivity contribution in [2.45, 2.75) is 4.90 Å². The van der Waals surface area contributed by atoms with E-state index in [1.807, 2.05) is 18.2 Å². The van der Waals surface area contributed by atoms with E-state index in [1.54, 1.807) is 41.1 Å². The van der Waals surface area contributed by atoms with Crippen LogP contribution in [0.4, 0.5) is 5.69 Å². The Morgan fingerprint density at radius 1 is 1.16 bits per heavy atom. The highest BCUT2D eigenvalue weighted by Crippen LogP contribution is 2.22. The van der Waals surface area contributed by atoms with Gasteiger partial charge >= 0.3 is 0 Å². The number of amides is 1. The number of anilines is 1. The Hall–Kier alpha value is -1.85. The molecule has 94 valence electrons. The Balaban J connectivity index is 1.83. The molecule has 0 aliphatic carbocycles. The van der Waals surface area contributed by atoms with Crippen molar-refractivity contribution in [2.75, 3.05) is 5.32 Å². The number of carbonyl (C=O) groups is 1. The minimum atomic E-state index is -0.128. The molecule has 0 aliphatic heterocycles. The fourth-order valence-electron chi connectivity index (χ4n) is 1.75. The summed E-state index contributed by atoms with van der Waals surface area (Å²) in [4.78, 5) is 17.1. The minimum Gasteiger partial charge on any atom is -0.322 e. The largest absolute Gasteiger partial charge is 0.322 e. The highest BCUT2D eigenvalue weighted by atomic mass is 32.1. The summed E-state index contributed by atoms with van der Waals surface area (Å²) < 4.78 is 1.06. The number of benzene rings is 2. The molecule has 3 nitrogen and oxygen atoms in total. The zero-order valence-electron chi connectivity index (χ0n) is 9.83. The number of nitrogens with zero attached hydrogens (tertiary/aromatic N) is 1. The van der Waals surface area contributed by atoms with E-state index in [1.165, 1.54) is 0 Å².